The Balaban J connectivity index is 0.786. The van der Waals surface area contributed by atoms with Gasteiger partial charge in [-0.1, -0.05) is 0 Å². The van der Waals surface area contributed by atoms with E-state index in [-0.39, 0.29) is 29.2 Å². The maximum atomic E-state index is 13.1. The molecule has 0 bridgehead atoms. The quantitative estimate of drug-likeness (QED) is 0.107. The minimum Gasteiger partial charge on any atom is -0.493 e. The Morgan fingerprint density at radius 3 is 2.18 bits per heavy atom. The molecular formula is C40H46F3N5O7. The highest BCUT2D eigenvalue weighted by Gasteiger charge is 2.33. The molecule has 4 aromatic rings. The lowest BCUT2D eigenvalue weighted by atomic mass is 10.1. The molecule has 3 aliphatic heterocycles. The zero-order valence-corrected chi connectivity index (χ0v) is 31.1. The number of halogens is 3. The van der Waals surface area contributed by atoms with Crippen molar-refractivity contribution in [1.82, 2.24) is 19.7 Å². The smallest absolute Gasteiger partial charge is 0.493 e. The van der Waals surface area contributed by atoms with Crippen LogP contribution in [-0.2, 0) is 0 Å². The minimum atomic E-state index is -4.80. The summed E-state index contributed by atoms with van der Waals surface area (Å²) >= 11 is 0. The number of carbonyl (C=O) groups is 1. The van der Waals surface area contributed by atoms with Crippen molar-refractivity contribution in [3.63, 3.8) is 0 Å². The van der Waals surface area contributed by atoms with Gasteiger partial charge >= 0.3 is 6.36 Å². The van der Waals surface area contributed by atoms with Gasteiger partial charge in [-0.2, -0.15) is 0 Å². The molecule has 7 rings (SSSR count). The third kappa shape index (κ3) is 9.45. The molecule has 0 aliphatic carbocycles. The number of ether oxygens (including phenoxy) is 5. The minimum absolute atomic E-state index is 0.00335. The van der Waals surface area contributed by atoms with Gasteiger partial charge in [0.1, 0.15) is 11.3 Å². The van der Waals surface area contributed by atoms with E-state index in [2.05, 4.69) is 24.5 Å². The molecule has 0 N–H and O–H groups in total. The number of carbonyl (C=O) groups excluding carboxylic acids is 1. The van der Waals surface area contributed by atoms with E-state index in [0.717, 1.165) is 90.4 Å². The lowest BCUT2D eigenvalue weighted by Gasteiger charge is -2.34. The van der Waals surface area contributed by atoms with Crippen LogP contribution in [0.3, 0.4) is 0 Å². The predicted octanol–water partition coefficient (Wildman–Crippen LogP) is 7.37. The van der Waals surface area contributed by atoms with Crippen molar-refractivity contribution in [3.05, 3.63) is 54.1 Å². The molecule has 15 heteroatoms. The van der Waals surface area contributed by atoms with Gasteiger partial charge in [0.05, 0.1) is 44.7 Å². The van der Waals surface area contributed by atoms with Gasteiger partial charge in [0, 0.05) is 56.6 Å². The molecule has 1 aromatic heterocycles. The first-order valence-corrected chi connectivity index (χ1v) is 18.8. The number of alkyl halides is 3. The van der Waals surface area contributed by atoms with E-state index >= 15 is 0 Å². The van der Waals surface area contributed by atoms with Crippen LogP contribution in [-0.4, -0.2) is 117 Å². The van der Waals surface area contributed by atoms with E-state index in [1.54, 1.807) is 38.5 Å². The predicted molar refractivity (Wildman–Crippen MR) is 200 cm³/mol. The van der Waals surface area contributed by atoms with Crippen LogP contribution >= 0.6 is 0 Å². The lowest BCUT2D eigenvalue weighted by molar-refractivity contribution is -0.274. The second kappa shape index (κ2) is 17.2. The Morgan fingerprint density at radius 1 is 0.800 bits per heavy atom. The van der Waals surface area contributed by atoms with Crippen molar-refractivity contribution in [3.8, 4) is 40.2 Å². The number of fused-ring (bicyclic) bond motifs is 3. The molecule has 1 amide bonds. The van der Waals surface area contributed by atoms with Gasteiger partial charge in [0.2, 0.25) is 5.89 Å². The highest BCUT2D eigenvalue weighted by Crippen LogP contribution is 2.39. The maximum absolute atomic E-state index is 13.1. The number of hydrogen-bond acceptors (Lipinski definition) is 11. The van der Waals surface area contributed by atoms with Gasteiger partial charge in [-0.3, -0.25) is 9.79 Å². The summed E-state index contributed by atoms with van der Waals surface area (Å²) in [5, 5.41) is 0. The number of piperazine rings is 1. The van der Waals surface area contributed by atoms with E-state index in [0.29, 0.717) is 58.5 Å². The SMILES string of the molecule is COc1cc(-c2nc3ccc(OC(F)(F)F)cc3o2)ccc1OCCCCN1CCN(CCCCOc2cc3c(cc2OC)C(=O)N2CCC[C@H]2C=N3)CC1. The van der Waals surface area contributed by atoms with Crippen LogP contribution in [0.2, 0.25) is 0 Å². The molecule has 2 fully saturated rings. The molecule has 0 radical (unpaired) electrons. The average Bonchev–Trinajstić information content (AvgIpc) is 3.81. The first-order valence-electron chi connectivity index (χ1n) is 18.8. The summed E-state index contributed by atoms with van der Waals surface area (Å²) < 4.78 is 70.8. The number of methoxy groups -OCH3 is 2. The monoisotopic (exact) mass is 765 g/mol. The first kappa shape index (κ1) is 38.3. The largest absolute Gasteiger partial charge is 0.573 e. The Bertz CT molecular complexity index is 1980. The zero-order chi connectivity index (χ0) is 38.4. The van der Waals surface area contributed by atoms with Crippen LogP contribution in [0.1, 0.15) is 48.9 Å². The maximum Gasteiger partial charge on any atom is 0.573 e. The fourth-order valence-electron chi connectivity index (χ4n) is 7.24. The summed E-state index contributed by atoms with van der Waals surface area (Å²) in [6, 6.07) is 12.7. The Kier molecular flexibility index (Phi) is 12.0. The third-order valence-electron chi connectivity index (χ3n) is 10.2. The van der Waals surface area contributed by atoms with Gasteiger partial charge in [0.25, 0.3) is 5.91 Å². The average molecular weight is 766 g/mol. The molecule has 3 aliphatic rings. The second-order valence-corrected chi connectivity index (χ2v) is 13.9. The van der Waals surface area contributed by atoms with Gasteiger partial charge < -0.3 is 42.8 Å². The Hall–Kier alpha value is -5.02. The van der Waals surface area contributed by atoms with Crippen molar-refractivity contribution >= 4 is 28.9 Å². The highest BCUT2D eigenvalue weighted by molar-refractivity contribution is 6.03. The van der Waals surface area contributed by atoms with Crippen LogP contribution in [0.25, 0.3) is 22.6 Å². The van der Waals surface area contributed by atoms with E-state index in [1.807, 2.05) is 17.2 Å². The van der Waals surface area contributed by atoms with Crippen molar-refractivity contribution in [2.75, 3.05) is 73.2 Å². The summed E-state index contributed by atoms with van der Waals surface area (Å²) in [5.41, 5.74) is 2.38. The Labute approximate surface area is 317 Å². The number of benzene rings is 3. The van der Waals surface area contributed by atoms with Crippen LogP contribution in [0.4, 0.5) is 18.9 Å². The summed E-state index contributed by atoms with van der Waals surface area (Å²) in [5.74, 6) is 2.13. The fourth-order valence-corrected chi connectivity index (χ4v) is 7.24. The lowest BCUT2D eigenvalue weighted by Crippen LogP contribution is -2.46. The Morgan fingerprint density at radius 2 is 1.49 bits per heavy atom. The zero-order valence-electron chi connectivity index (χ0n) is 31.1. The number of aromatic nitrogens is 1. The van der Waals surface area contributed by atoms with Crippen LogP contribution in [0.15, 0.2) is 57.9 Å². The highest BCUT2D eigenvalue weighted by atomic mass is 19.4. The molecule has 3 aromatic carbocycles. The molecule has 1 atom stereocenters. The topological polar surface area (TPSA) is 111 Å². The molecule has 0 saturated carbocycles. The number of oxazole rings is 1. The molecule has 12 nitrogen and oxygen atoms in total. The van der Waals surface area contributed by atoms with E-state index in [1.165, 1.54) is 12.1 Å². The van der Waals surface area contributed by atoms with Crippen LogP contribution in [0.5, 0.6) is 28.7 Å². The van der Waals surface area contributed by atoms with Gasteiger partial charge in [-0.25, -0.2) is 4.98 Å². The standard InChI is InChI=1S/C40H46F3N5O7/c1-50-35-22-27(38-45-31-11-10-29(23-34(31)54-38)55-40(41,42)43)9-12-33(35)52-20-5-3-13-46-16-18-47(19-17-46)14-4-6-21-53-37-25-32-30(24-36(37)51-2)39(49)48-15-7-8-28(48)26-44-32/h9-12,22-26,28H,3-8,13-21H2,1-2H3/t28-/m0/s1. The normalized spacial score (nSPS) is 17.6. The third-order valence-corrected chi connectivity index (χ3v) is 10.2. The molecule has 294 valence electrons. The summed E-state index contributed by atoms with van der Waals surface area (Å²) in [6.45, 7) is 8.01. The van der Waals surface area contributed by atoms with Crippen molar-refractivity contribution in [2.45, 2.75) is 50.9 Å². The number of nitrogens with zero attached hydrogens (tertiary/aromatic N) is 5. The summed E-state index contributed by atoms with van der Waals surface area (Å²) in [6.07, 6.45) is 2.86. The molecule has 0 unspecified atom stereocenters. The number of hydrogen-bond donors (Lipinski definition) is 0. The molecular weight excluding hydrogens is 719 g/mol. The van der Waals surface area contributed by atoms with E-state index in [9.17, 15) is 18.0 Å². The fraction of sp³-hybridized carbons (Fsp3) is 0.475. The summed E-state index contributed by atoms with van der Waals surface area (Å²) in [7, 11) is 3.14. The van der Waals surface area contributed by atoms with Gasteiger partial charge in [0.15, 0.2) is 28.6 Å². The molecule has 55 heavy (non-hydrogen) atoms. The van der Waals surface area contributed by atoms with E-state index in [4.69, 9.17) is 23.4 Å². The number of aliphatic imine (C=N–C) groups is 1. The molecule has 0 spiro atoms. The van der Waals surface area contributed by atoms with Crippen molar-refractivity contribution < 1.29 is 46.1 Å². The number of rotatable bonds is 16. The second-order valence-electron chi connectivity index (χ2n) is 13.9. The molecule has 2 saturated heterocycles. The van der Waals surface area contributed by atoms with E-state index < -0.39 is 6.36 Å². The van der Waals surface area contributed by atoms with Crippen LogP contribution in [0, 0.1) is 0 Å². The van der Waals surface area contributed by atoms with Gasteiger partial charge in [-0.15, -0.1) is 13.2 Å². The number of amides is 1. The van der Waals surface area contributed by atoms with Crippen LogP contribution < -0.4 is 23.7 Å². The van der Waals surface area contributed by atoms with Crippen molar-refractivity contribution in [2.24, 2.45) is 4.99 Å². The summed E-state index contributed by atoms with van der Waals surface area (Å²) in [4.78, 5) is 29.0. The van der Waals surface area contributed by atoms with Crippen molar-refractivity contribution in [1.29, 1.82) is 0 Å². The first-order chi connectivity index (χ1) is 26.7. The van der Waals surface area contributed by atoms with Gasteiger partial charge in [-0.05, 0) is 88.0 Å². The number of unbranched alkanes of at least 4 members (excludes halogenated alkanes) is 2. The molecule has 4 heterocycles.